The summed E-state index contributed by atoms with van der Waals surface area (Å²) < 4.78 is 5.40. The maximum atomic E-state index is 12.9. The minimum absolute atomic E-state index is 0.0987. The van der Waals surface area contributed by atoms with Crippen LogP contribution in [0.1, 0.15) is 28.6 Å². The van der Waals surface area contributed by atoms with E-state index >= 15 is 0 Å². The second-order valence-corrected chi connectivity index (χ2v) is 8.02. The number of piperidine rings is 1. The van der Waals surface area contributed by atoms with Crippen molar-refractivity contribution in [2.75, 3.05) is 39.4 Å². The molecule has 3 aliphatic rings. The van der Waals surface area contributed by atoms with Gasteiger partial charge in [-0.15, -0.1) is 11.3 Å². The van der Waals surface area contributed by atoms with E-state index in [1.165, 1.54) is 11.3 Å². The third kappa shape index (κ3) is 3.79. The van der Waals surface area contributed by atoms with Crippen molar-refractivity contribution in [3.05, 3.63) is 16.1 Å². The maximum Gasteiger partial charge on any atom is 0.244 e. The van der Waals surface area contributed by atoms with Gasteiger partial charge in [0.15, 0.2) is 0 Å². The van der Waals surface area contributed by atoms with Crippen LogP contribution in [-0.2, 0) is 9.53 Å². The van der Waals surface area contributed by atoms with Crippen LogP contribution in [0.3, 0.4) is 0 Å². The summed E-state index contributed by atoms with van der Waals surface area (Å²) in [6.07, 6.45) is 3.91. The fourth-order valence-corrected chi connectivity index (χ4v) is 4.26. The topological polar surface area (TPSA) is 91.2 Å². The SMILES string of the molecule is Cc1cnc(C2C(=O)NC(N3CCOCC3)=NC2=N[C@@H]2CCCNC2)s1. The summed E-state index contributed by atoms with van der Waals surface area (Å²) in [4.78, 5) is 30.1. The Balaban J connectivity index is 1.67. The number of nitrogens with zero attached hydrogens (tertiary/aromatic N) is 4. The highest BCUT2D eigenvalue weighted by atomic mass is 32.1. The lowest BCUT2D eigenvalue weighted by Crippen LogP contribution is -2.53. The second kappa shape index (κ2) is 7.81. The molecule has 26 heavy (non-hydrogen) atoms. The van der Waals surface area contributed by atoms with Gasteiger partial charge in [0.25, 0.3) is 0 Å². The number of hydrogen-bond acceptors (Lipinski definition) is 7. The van der Waals surface area contributed by atoms with Crippen LogP contribution in [-0.4, -0.2) is 73.0 Å². The number of guanidine groups is 1. The van der Waals surface area contributed by atoms with Gasteiger partial charge >= 0.3 is 0 Å². The van der Waals surface area contributed by atoms with Crippen LogP contribution in [0.5, 0.6) is 0 Å². The van der Waals surface area contributed by atoms with E-state index in [4.69, 9.17) is 14.7 Å². The molecule has 1 unspecified atom stereocenters. The summed E-state index contributed by atoms with van der Waals surface area (Å²) in [7, 11) is 0. The first-order chi connectivity index (χ1) is 12.7. The number of morpholine rings is 1. The van der Waals surface area contributed by atoms with Crippen LogP contribution >= 0.6 is 11.3 Å². The van der Waals surface area contributed by atoms with Gasteiger partial charge < -0.3 is 15.0 Å². The molecule has 0 radical (unpaired) electrons. The molecule has 2 atom stereocenters. The molecule has 1 amide bonds. The standard InChI is InChI=1S/C17H24N6O2S/c1-11-9-19-16(26-11)13-14(20-12-3-2-4-18-10-12)21-17(22-15(13)24)23-5-7-25-8-6-23/h9,12-13,18H,2-8,10H2,1H3,(H,20,21,22,24)/t12-,13?/m1/s1. The number of aromatic nitrogens is 1. The molecule has 0 bridgehead atoms. The van der Waals surface area contributed by atoms with Gasteiger partial charge in [-0.25, -0.2) is 4.98 Å². The van der Waals surface area contributed by atoms with E-state index in [1.54, 1.807) is 6.20 Å². The number of rotatable bonds is 2. The predicted octanol–water partition coefficient (Wildman–Crippen LogP) is 0.504. The highest BCUT2D eigenvalue weighted by Gasteiger charge is 2.36. The van der Waals surface area contributed by atoms with E-state index in [-0.39, 0.29) is 11.9 Å². The maximum absolute atomic E-state index is 12.9. The zero-order valence-corrected chi connectivity index (χ0v) is 15.7. The zero-order chi connectivity index (χ0) is 17.9. The summed E-state index contributed by atoms with van der Waals surface area (Å²) in [5, 5.41) is 7.09. The van der Waals surface area contributed by atoms with Crippen molar-refractivity contribution in [1.82, 2.24) is 20.5 Å². The van der Waals surface area contributed by atoms with Gasteiger partial charge in [0.1, 0.15) is 16.8 Å². The van der Waals surface area contributed by atoms with Crippen molar-refractivity contribution in [2.45, 2.75) is 31.7 Å². The molecule has 9 heteroatoms. The fraction of sp³-hybridized carbons (Fsp3) is 0.647. The molecule has 2 saturated heterocycles. The zero-order valence-electron chi connectivity index (χ0n) is 14.9. The number of amidine groups is 1. The molecule has 4 heterocycles. The quantitative estimate of drug-likeness (QED) is 0.785. The lowest BCUT2D eigenvalue weighted by Gasteiger charge is -2.33. The number of thiazole rings is 1. The molecule has 2 N–H and O–H groups in total. The summed E-state index contributed by atoms with van der Waals surface area (Å²) in [5.41, 5.74) is 0. The Bertz CT molecular complexity index is 719. The van der Waals surface area contributed by atoms with Crippen LogP contribution in [0.15, 0.2) is 16.2 Å². The van der Waals surface area contributed by atoms with Crippen LogP contribution in [0, 0.1) is 6.92 Å². The minimum Gasteiger partial charge on any atom is -0.378 e. The molecule has 0 saturated carbocycles. The third-order valence-electron chi connectivity index (χ3n) is 4.76. The lowest BCUT2D eigenvalue weighted by atomic mass is 10.0. The Kier molecular flexibility index (Phi) is 5.28. The van der Waals surface area contributed by atoms with Crippen LogP contribution in [0.25, 0.3) is 0 Å². The first-order valence-electron chi connectivity index (χ1n) is 9.13. The second-order valence-electron chi connectivity index (χ2n) is 6.75. The molecular formula is C17H24N6O2S. The van der Waals surface area contributed by atoms with Gasteiger partial charge in [0.05, 0.1) is 19.3 Å². The van der Waals surface area contributed by atoms with Gasteiger partial charge in [-0.3, -0.25) is 15.1 Å². The Hall–Kier alpha value is -1.84. The lowest BCUT2D eigenvalue weighted by molar-refractivity contribution is -0.120. The van der Waals surface area contributed by atoms with E-state index in [0.717, 1.165) is 48.9 Å². The first-order valence-corrected chi connectivity index (χ1v) is 9.95. The summed E-state index contributed by atoms with van der Waals surface area (Å²) in [6.45, 7) is 6.57. The third-order valence-corrected chi connectivity index (χ3v) is 5.74. The highest BCUT2D eigenvalue weighted by Crippen LogP contribution is 2.27. The summed E-state index contributed by atoms with van der Waals surface area (Å²) in [5.74, 6) is 0.544. The van der Waals surface area contributed by atoms with Crippen LogP contribution in [0.4, 0.5) is 0 Å². The Labute approximate surface area is 156 Å². The smallest absolute Gasteiger partial charge is 0.244 e. The largest absolute Gasteiger partial charge is 0.378 e. The Morgan fingerprint density at radius 2 is 2.23 bits per heavy atom. The molecule has 8 nitrogen and oxygen atoms in total. The molecule has 0 aromatic carbocycles. The number of nitrogens with one attached hydrogen (secondary N) is 2. The highest BCUT2D eigenvalue weighted by molar-refractivity contribution is 7.11. The average molecular weight is 376 g/mol. The molecule has 1 aromatic heterocycles. The van der Waals surface area contributed by atoms with Gasteiger partial charge in [0, 0.05) is 30.7 Å². The Morgan fingerprint density at radius 1 is 1.38 bits per heavy atom. The van der Waals surface area contributed by atoms with Gasteiger partial charge in [-0.2, -0.15) is 4.99 Å². The van der Waals surface area contributed by atoms with Crippen molar-refractivity contribution in [3.63, 3.8) is 0 Å². The molecule has 140 valence electrons. The van der Waals surface area contributed by atoms with E-state index in [9.17, 15) is 4.79 Å². The van der Waals surface area contributed by atoms with E-state index < -0.39 is 5.92 Å². The number of carbonyl (C=O) groups excluding carboxylic acids is 1. The molecule has 0 aliphatic carbocycles. The molecule has 3 aliphatic heterocycles. The van der Waals surface area contributed by atoms with E-state index in [0.29, 0.717) is 25.0 Å². The molecular weight excluding hydrogens is 352 g/mol. The number of aliphatic imine (C=N–C) groups is 2. The number of aryl methyl sites for hydroxylation is 1. The fourth-order valence-electron chi connectivity index (χ4n) is 3.39. The van der Waals surface area contributed by atoms with Crippen LogP contribution < -0.4 is 10.6 Å². The van der Waals surface area contributed by atoms with Gasteiger partial charge in [-0.05, 0) is 26.3 Å². The number of amides is 1. The summed E-state index contributed by atoms with van der Waals surface area (Å²) >= 11 is 1.53. The average Bonchev–Trinajstić information content (AvgIpc) is 3.09. The number of carbonyl (C=O) groups is 1. The summed E-state index contributed by atoms with van der Waals surface area (Å²) in [6, 6.07) is 0.155. The number of hydrogen-bond donors (Lipinski definition) is 2. The van der Waals surface area contributed by atoms with E-state index in [1.807, 2.05) is 6.92 Å². The molecule has 1 aromatic rings. The van der Waals surface area contributed by atoms with Crippen molar-refractivity contribution in [2.24, 2.45) is 9.98 Å². The molecule has 2 fully saturated rings. The van der Waals surface area contributed by atoms with Crippen molar-refractivity contribution >= 4 is 29.0 Å². The first kappa shape index (κ1) is 17.6. The minimum atomic E-state index is -0.527. The normalized spacial score (nSPS) is 28.8. The van der Waals surface area contributed by atoms with Gasteiger partial charge in [-0.1, -0.05) is 0 Å². The number of ether oxygens (including phenoxy) is 1. The monoisotopic (exact) mass is 376 g/mol. The van der Waals surface area contributed by atoms with Crippen molar-refractivity contribution in [3.8, 4) is 0 Å². The molecule has 4 rings (SSSR count). The van der Waals surface area contributed by atoms with Crippen molar-refractivity contribution in [1.29, 1.82) is 0 Å². The van der Waals surface area contributed by atoms with E-state index in [2.05, 4.69) is 20.5 Å². The van der Waals surface area contributed by atoms with Gasteiger partial charge in [0.2, 0.25) is 11.9 Å². The van der Waals surface area contributed by atoms with Crippen LogP contribution in [0.2, 0.25) is 0 Å². The Morgan fingerprint density at radius 3 is 2.92 bits per heavy atom. The molecule has 0 spiro atoms. The van der Waals surface area contributed by atoms with Crippen molar-refractivity contribution < 1.29 is 9.53 Å². The predicted molar refractivity (Wildman–Crippen MR) is 101 cm³/mol.